The topological polar surface area (TPSA) is 79.5 Å². The standard InChI is InChI=1S/C15H19NO4/c1-15(2,10-16)7-4-8-20-13-6-5-11(19-3)9-12(13)14(17)18/h5-6,9H,4,7-8H2,1-3H3,(H,17,18). The molecule has 20 heavy (non-hydrogen) atoms. The molecule has 0 fully saturated rings. The molecular formula is C15H19NO4. The summed E-state index contributed by atoms with van der Waals surface area (Å²) in [6.07, 6.45) is 1.38. The van der Waals surface area contributed by atoms with Crippen molar-refractivity contribution in [1.82, 2.24) is 0 Å². The van der Waals surface area contributed by atoms with Crippen molar-refractivity contribution in [3.63, 3.8) is 0 Å². The first kappa shape index (κ1) is 15.8. The van der Waals surface area contributed by atoms with Gasteiger partial charge in [0, 0.05) is 0 Å². The number of carboxylic acid groups (broad SMARTS) is 1. The number of nitriles is 1. The lowest BCUT2D eigenvalue weighted by molar-refractivity contribution is 0.0691. The van der Waals surface area contributed by atoms with Gasteiger partial charge in [-0.2, -0.15) is 5.26 Å². The first-order chi connectivity index (χ1) is 9.39. The molecule has 1 aromatic rings. The van der Waals surface area contributed by atoms with E-state index in [1.165, 1.54) is 13.2 Å². The molecule has 0 bridgehead atoms. The molecule has 0 unspecified atom stereocenters. The Morgan fingerprint density at radius 3 is 2.70 bits per heavy atom. The average molecular weight is 277 g/mol. The summed E-state index contributed by atoms with van der Waals surface area (Å²) in [6.45, 7) is 4.10. The van der Waals surface area contributed by atoms with Gasteiger partial charge in [0.15, 0.2) is 0 Å². The molecule has 1 rings (SSSR count). The summed E-state index contributed by atoms with van der Waals surface area (Å²) in [5.41, 5.74) is -0.317. The van der Waals surface area contributed by atoms with Crippen LogP contribution in [0.2, 0.25) is 0 Å². The van der Waals surface area contributed by atoms with E-state index < -0.39 is 5.97 Å². The SMILES string of the molecule is COc1ccc(OCCCC(C)(C)C#N)c(C(=O)O)c1. The quantitative estimate of drug-likeness (QED) is 0.775. The summed E-state index contributed by atoms with van der Waals surface area (Å²) < 4.78 is 10.5. The highest BCUT2D eigenvalue weighted by Gasteiger charge is 2.17. The Balaban J connectivity index is 2.65. The van der Waals surface area contributed by atoms with E-state index in [9.17, 15) is 4.79 Å². The Bertz CT molecular complexity index is 517. The molecule has 5 heteroatoms. The Hall–Kier alpha value is -2.22. The maximum absolute atomic E-state index is 11.1. The predicted octanol–water partition coefficient (Wildman–Crippen LogP) is 3.10. The molecule has 1 aromatic carbocycles. The van der Waals surface area contributed by atoms with Crippen molar-refractivity contribution in [3.05, 3.63) is 23.8 Å². The minimum atomic E-state index is -1.06. The van der Waals surface area contributed by atoms with E-state index in [2.05, 4.69) is 6.07 Å². The Kier molecular flexibility index (Phi) is 5.39. The van der Waals surface area contributed by atoms with Gasteiger partial charge in [0.2, 0.25) is 0 Å². The molecule has 0 amide bonds. The van der Waals surface area contributed by atoms with Crippen molar-refractivity contribution in [2.24, 2.45) is 5.41 Å². The van der Waals surface area contributed by atoms with Crippen LogP contribution < -0.4 is 9.47 Å². The summed E-state index contributed by atoms with van der Waals surface area (Å²) in [5, 5.41) is 18.0. The third-order valence-corrected chi connectivity index (χ3v) is 2.92. The molecule has 108 valence electrons. The molecule has 0 saturated carbocycles. The molecule has 0 aromatic heterocycles. The molecule has 0 radical (unpaired) electrons. The lowest BCUT2D eigenvalue weighted by Crippen LogP contribution is -2.11. The largest absolute Gasteiger partial charge is 0.497 e. The number of aromatic carboxylic acids is 1. The van der Waals surface area contributed by atoms with E-state index in [4.69, 9.17) is 19.8 Å². The second-order valence-corrected chi connectivity index (χ2v) is 5.11. The van der Waals surface area contributed by atoms with Crippen molar-refractivity contribution >= 4 is 5.97 Å². The fourth-order valence-electron chi connectivity index (χ4n) is 1.68. The lowest BCUT2D eigenvalue weighted by Gasteiger charge is -2.15. The molecule has 0 heterocycles. The van der Waals surface area contributed by atoms with Crippen LogP contribution in [0.4, 0.5) is 0 Å². The van der Waals surface area contributed by atoms with Crippen LogP contribution in [0.3, 0.4) is 0 Å². The number of nitrogens with zero attached hydrogens (tertiary/aromatic N) is 1. The maximum atomic E-state index is 11.1. The van der Waals surface area contributed by atoms with Crippen LogP contribution in [0.15, 0.2) is 18.2 Å². The first-order valence-corrected chi connectivity index (χ1v) is 6.35. The monoisotopic (exact) mass is 277 g/mol. The Labute approximate surface area is 118 Å². The van der Waals surface area contributed by atoms with Crippen molar-refractivity contribution in [1.29, 1.82) is 5.26 Å². The summed E-state index contributed by atoms with van der Waals surface area (Å²) in [7, 11) is 1.48. The van der Waals surface area contributed by atoms with E-state index >= 15 is 0 Å². The zero-order valence-electron chi connectivity index (χ0n) is 12.0. The molecule has 0 spiro atoms. The number of rotatable bonds is 7. The van der Waals surface area contributed by atoms with E-state index in [-0.39, 0.29) is 11.0 Å². The van der Waals surface area contributed by atoms with Crippen molar-refractivity contribution < 1.29 is 19.4 Å². The molecule has 1 N–H and O–H groups in total. The smallest absolute Gasteiger partial charge is 0.339 e. The van der Waals surface area contributed by atoms with Gasteiger partial charge in [-0.1, -0.05) is 0 Å². The summed E-state index contributed by atoms with van der Waals surface area (Å²) >= 11 is 0. The number of hydrogen-bond acceptors (Lipinski definition) is 4. The van der Waals surface area contributed by atoms with Crippen LogP contribution in [0.5, 0.6) is 11.5 Å². The van der Waals surface area contributed by atoms with Crippen molar-refractivity contribution in [2.45, 2.75) is 26.7 Å². The molecule has 0 aliphatic rings. The minimum Gasteiger partial charge on any atom is -0.497 e. The van der Waals surface area contributed by atoms with Crippen LogP contribution in [0.1, 0.15) is 37.0 Å². The number of hydrogen-bond donors (Lipinski definition) is 1. The molecule has 0 saturated heterocycles. The van der Waals surface area contributed by atoms with Gasteiger partial charge in [-0.25, -0.2) is 4.79 Å². The van der Waals surface area contributed by atoms with Crippen LogP contribution >= 0.6 is 0 Å². The van der Waals surface area contributed by atoms with Gasteiger partial charge in [-0.3, -0.25) is 0 Å². The number of carbonyl (C=O) groups is 1. The fraction of sp³-hybridized carbons (Fsp3) is 0.467. The Morgan fingerprint density at radius 1 is 1.45 bits per heavy atom. The highest BCUT2D eigenvalue weighted by atomic mass is 16.5. The summed E-state index contributed by atoms with van der Waals surface area (Å²) in [6, 6.07) is 6.88. The van der Waals surface area contributed by atoms with Gasteiger partial charge in [-0.15, -0.1) is 0 Å². The second-order valence-electron chi connectivity index (χ2n) is 5.11. The molecule has 0 aliphatic carbocycles. The fourth-order valence-corrected chi connectivity index (χ4v) is 1.68. The molecule has 5 nitrogen and oxygen atoms in total. The van der Waals surface area contributed by atoms with Gasteiger partial charge in [0.25, 0.3) is 0 Å². The third-order valence-electron chi connectivity index (χ3n) is 2.92. The van der Waals surface area contributed by atoms with Gasteiger partial charge < -0.3 is 14.6 Å². The van der Waals surface area contributed by atoms with Gasteiger partial charge in [0.05, 0.1) is 25.2 Å². The predicted molar refractivity (Wildman–Crippen MR) is 74.1 cm³/mol. The van der Waals surface area contributed by atoms with E-state index in [0.29, 0.717) is 30.9 Å². The maximum Gasteiger partial charge on any atom is 0.339 e. The van der Waals surface area contributed by atoms with Crippen LogP contribution in [-0.4, -0.2) is 24.8 Å². The van der Waals surface area contributed by atoms with E-state index in [1.54, 1.807) is 12.1 Å². The Morgan fingerprint density at radius 2 is 2.15 bits per heavy atom. The zero-order chi connectivity index (χ0) is 15.2. The molecular weight excluding hydrogens is 258 g/mol. The lowest BCUT2D eigenvalue weighted by atomic mass is 9.90. The van der Waals surface area contributed by atoms with Crippen LogP contribution in [-0.2, 0) is 0 Å². The van der Waals surface area contributed by atoms with Crippen molar-refractivity contribution in [2.75, 3.05) is 13.7 Å². The number of ether oxygens (including phenoxy) is 2. The van der Waals surface area contributed by atoms with Crippen LogP contribution in [0.25, 0.3) is 0 Å². The normalized spacial score (nSPS) is 10.7. The number of methoxy groups -OCH3 is 1. The summed E-state index contributed by atoms with van der Waals surface area (Å²) in [4.78, 5) is 11.1. The average Bonchev–Trinajstić information content (AvgIpc) is 2.43. The highest BCUT2D eigenvalue weighted by Crippen LogP contribution is 2.25. The number of carboxylic acids is 1. The van der Waals surface area contributed by atoms with E-state index in [1.807, 2.05) is 13.8 Å². The third kappa shape index (κ3) is 4.47. The van der Waals surface area contributed by atoms with Crippen molar-refractivity contribution in [3.8, 4) is 17.6 Å². The first-order valence-electron chi connectivity index (χ1n) is 6.35. The number of benzene rings is 1. The molecule has 0 atom stereocenters. The van der Waals surface area contributed by atoms with E-state index in [0.717, 1.165) is 0 Å². The van der Waals surface area contributed by atoms with Crippen LogP contribution in [0, 0.1) is 16.7 Å². The zero-order valence-corrected chi connectivity index (χ0v) is 12.0. The second kappa shape index (κ2) is 6.80. The van der Waals surface area contributed by atoms with Gasteiger partial charge in [-0.05, 0) is 44.9 Å². The van der Waals surface area contributed by atoms with Gasteiger partial charge >= 0.3 is 5.97 Å². The molecule has 0 aliphatic heterocycles. The summed E-state index contributed by atoms with van der Waals surface area (Å²) in [5.74, 6) is -0.273. The van der Waals surface area contributed by atoms with Gasteiger partial charge in [0.1, 0.15) is 17.1 Å². The highest BCUT2D eigenvalue weighted by molar-refractivity contribution is 5.91. The minimum absolute atomic E-state index is 0.0730.